The van der Waals surface area contributed by atoms with E-state index >= 15 is 0 Å². The van der Waals surface area contributed by atoms with Crippen LogP contribution in [0.4, 0.5) is 9.59 Å². The average molecular weight is 352 g/mol. The zero-order chi connectivity index (χ0) is 18.7. The molecule has 0 bridgehead atoms. The molecule has 0 radical (unpaired) electrons. The van der Waals surface area contributed by atoms with Crippen LogP contribution < -0.4 is 10.6 Å². The van der Waals surface area contributed by atoms with Gasteiger partial charge in [-0.15, -0.1) is 0 Å². The van der Waals surface area contributed by atoms with Crippen LogP contribution in [0.15, 0.2) is 30.3 Å². The number of ether oxygens (including phenoxy) is 2. The maximum Gasteiger partial charge on any atom is 0.407 e. The molecule has 0 aliphatic heterocycles. The monoisotopic (exact) mass is 352 g/mol. The molecule has 1 aromatic rings. The lowest BCUT2D eigenvalue weighted by molar-refractivity contribution is 0.0488. The van der Waals surface area contributed by atoms with E-state index in [1.54, 1.807) is 20.8 Å². The van der Waals surface area contributed by atoms with E-state index in [1.807, 2.05) is 30.3 Å². The van der Waals surface area contributed by atoms with Crippen molar-refractivity contribution in [3.05, 3.63) is 35.9 Å². The number of amides is 2. The predicted octanol–water partition coefficient (Wildman–Crippen LogP) is 2.58. The Kier molecular flexibility index (Phi) is 8.77. The summed E-state index contributed by atoms with van der Waals surface area (Å²) >= 11 is 0. The molecule has 0 aliphatic carbocycles. The highest BCUT2D eigenvalue weighted by atomic mass is 16.6. The molecular formula is C18H28N2O5. The topological polar surface area (TPSA) is 96.9 Å². The molecule has 1 rings (SSSR count). The molecule has 140 valence electrons. The van der Waals surface area contributed by atoms with Crippen LogP contribution in [-0.2, 0) is 16.1 Å². The number of rotatable bonds is 8. The third kappa shape index (κ3) is 11.0. The number of carbonyl (C=O) groups is 2. The summed E-state index contributed by atoms with van der Waals surface area (Å²) in [4.78, 5) is 23.0. The molecule has 2 amide bonds. The van der Waals surface area contributed by atoms with Crippen LogP contribution in [0.3, 0.4) is 0 Å². The maximum atomic E-state index is 11.5. The molecule has 1 atom stereocenters. The molecule has 7 nitrogen and oxygen atoms in total. The summed E-state index contributed by atoms with van der Waals surface area (Å²) in [7, 11) is 0. The summed E-state index contributed by atoms with van der Waals surface area (Å²) < 4.78 is 10.1. The summed E-state index contributed by atoms with van der Waals surface area (Å²) in [6, 6.07) is 9.40. The molecule has 0 saturated carbocycles. The number of nitrogens with one attached hydrogen (secondary N) is 2. The van der Waals surface area contributed by atoms with Gasteiger partial charge in [0.2, 0.25) is 0 Å². The Hall–Kier alpha value is -2.28. The molecule has 0 fully saturated rings. The number of hydrogen-bond acceptors (Lipinski definition) is 5. The lowest BCUT2D eigenvalue weighted by Gasteiger charge is -2.20. The minimum absolute atomic E-state index is 0.105. The van der Waals surface area contributed by atoms with E-state index in [0.717, 1.165) is 5.56 Å². The van der Waals surface area contributed by atoms with Gasteiger partial charge in [0.15, 0.2) is 0 Å². The quantitative estimate of drug-likeness (QED) is 0.625. The number of carbonyl (C=O) groups excluding carboxylic acids is 2. The number of hydrogen-bond donors (Lipinski definition) is 3. The SMILES string of the molecule is CC(C)(C)OC(=O)NCC(O)CCCNC(=O)OCc1ccccc1. The Morgan fingerprint density at radius 1 is 1.12 bits per heavy atom. The van der Waals surface area contributed by atoms with E-state index in [9.17, 15) is 14.7 Å². The van der Waals surface area contributed by atoms with Crippen molar-refractivity contribution in [1.29, 1.82) is 0 Å². The minimum Gasteiger partial charge on any atom is -0.445 e. The predicted molar refractivity (Wildman–Crippen MR) is 94.1 cm³/mol. The lowest BCUT2D eigenvalue weighted by atomic mass is 10.2. The van der Waals surface area contributed by atoms with Gasteiger partial charge in [0.25, 0.3) is 0 Å². The third-order valence-corrected chi connectivity index (χ3v) is 3.08. The zero-order valence-corrected chi connectivity index (χ0v) is 15.1. The summed E-state index contributed by atoms with van der Waals surface area (Å²) in [5.74, 6) is 0. The van der Waals surface area contributed by atoms with Crippen molar-refractivity contribution in [2.75, 3.05) is 13.1 Å². The standard InChI is InChI=1S/C18H28N2O5/c1-18(2,3)25-17(23)20-12-15(21)10-7-11-19-16(22)24-13-14-8-5-4-6-9-14/h4-6,8-9,15,21H,7,10-13H2,1-3H3,(H,19,22)(H,20,23). The molecular weight excluding hydrogens is 324 g/mol. The highest BCUT2D eigenvalue weighted by molar-refractivity contribution is 5.67. The summed E-state index contributed by atoms with van der Waals surface area (Å²) in [6.07, 6.45) is -0.749. The first-order chi connectivity index (χ1) is 11.8. The van der Waals surface area contributed by atoms with E-state index in [2.05, 4.69) is 10.6 Å². The van der Waals surface area contributed by atoms with Crippen LogP contribution in [0.25, 0.3) is 0 Å². The van der Waals surface area contributed by atoms with Gasteiger partial charge in [0.1, 0.15) is 12.2 Å². The molecule has 0 saturated heterocycles. The Bertz CT molecular complexity index is 528. The number of alkyl carbamates (subject to hydrolysis) is 2. The normalized spacial score (nSPS) is 12.2. The molecule has 7 heteroatoms. The Balaban J connectivity index is 2.06. The van der Waals surface area contributed by atoms with Crippen LogP contribution in [0.5, 0.6) is 0 Å². The van der Waals surface area contributed by atoms with Gasteiger partial charge in [-0.3, -0.25) is 0 Å². The molecule has 1 aromatic carbocycles. The van der Waals surface area contributed by atoms with Crippen LogP contribution in [0.1, 0.15) is 39.2 Å². The molecule has 0 heterocycles. The third-order valence-electron chi connectivity index (χ3n) is 3.08. The first-order valence-electron chi connectivity index (χ1n) is 8.36. The van der Waals surface area contributed by atoms with E-state index < -0.39 is 23.9 Å². The largest absolute Gasteiger partial charge is 0.445 e. The van der Waals surface area contributed by atoms with E-state index in [-0.39, 0.29) is 13.2 Å². The van der Waals surface area contributed by atoms with Crippen LogP contribution in [-0.4, -0.2) is 42.1 Å². The second-order valence-corrected chi connectivity index (χ2v) is 6.67. The van der Waals surface area contributed by atoms with Crippen LogP contribution in [0.2, 0.25) is 0 Å². The van der Waals surface area contributed by atoms with Crippen molar-refractivity contribution in [3.63, 3.8) is 0 Å². The molecule has 0 spiro atoms. The van der Waals surface area contributed by atoms with Gasteiger partial charge in [-0.1, -0.05) is 30.3 Å². The fourth-order valence-corrected chi connectivity index (χ4v) is 1.92. The summed E-state index contributed by atoms with van der Waals surface area (Å²) in [5, 5.41) is 14.9. The van der Waals surface area contributed by atoms with E-state index in [0.29, 0.717) is 19.4 Å². The molecule has 1 unspecified atom stereocenters. The molecule has 0 aliphatic rings. The van der Waals surface area contributed by atoms with Gasteiger partial charge in [-0.05, 0) is 39.2 Å². The van der Waals surface area contributed by atoms with Crippen molar-refractivity contribution < 1.29 is 24.2 Å². The first kappa shape index (κ1) is 20.8. The Morgan fingerprint density at radius 3 is 2.44 bits per heavy atom. The maximum absolute atomic E-state index is 11.5. The van der Waals surface area contributed by atoms with Gasteiger partial charge >= 0.3 is 12.2 Å². The molecule has 0 aromatic heterocycles. The van der Waals surface area contributed by atoms with E-state index in [1.165, 1.54) is 0 Å². The fourth-order valence-electron chi connectivity index (χ4n) is 1.92. The summed E-state index contributed by atoms with van der Waals surface area (Å²) in [6.45, 7) is 6.02. The highest BCUT2D eigenvalue weighted by Crippen LogP contribution is 2.06. The second-order valence-electron chi connectivity index (χ2n) is 6.67. The highest BCUT2D eigenvalue weighted by Gasteiger charge is 2.16. The second kappa shape index (κ2) is 10.6. The van der Waals surface area contributed by atoms with Crippen molar-refractivity contribution in [1.82, 2.24) is 10.6 Å². The lowest BCUT2D eigenvalue weighted by Crippen LogP contribution is -2.37. The van der Waals surface area contributed by atoms with Gasteiger partial charge in [0, 0.05) is 13.1 Å². The zero-order valence-electron chi connectivity index (χ0n) is 15.1. The Labute approximate surface area is 148 Å². The number of benzene rings is 1. The summed E-state index contributed by atoms with van der Waals surface area (Å²) in [5.41, 5.74) is 0.347. The Morgan fingerprint density at radius 2 is 1.80 bits per heavy atom. The van der Waals surface area contributed by atoms with E-state index in [4.69, 9.17) is 9.47 Å². The van der Waals surface area contributed by atoms with Gasteiger partial charge in [-0.2, -0.15) is 0 Å². The number of aliphatic hydroxyl groups is 1. The van der Waals surface area contributed by atoms with Gasteiger partial charge in [0.05, 0.1) is 6.10 Å². The smallest absolute Gasteiger partial charge is 0.407 e. The average Bonchev–Trinajstić information content (AvgIpc) is 2.54. The van der Waals surface area contributed by atoms with Crippen molar-refractivity contribution in [2.24, 2.45) is 0 Å². The van der Waals surface area contributed by atoms with Crippen molar-refractivity contribution in [3.8, 4) is 0 Å². The van der Waals surface area contributed by atoms with Crippen molar-refractivity contribution in [2.45, 2.75) is 51.9 Å². The number of aliphatic hydroxyl groups excluding tert-OH is 1. The first-order valence-corrected chi connectivity index (χ1v) is 8.36. The fraction of sp³-hybridized carbons (Fsp3) is 0.556. The van der Waals surface area contributed by atoms with Gasteiger partial charge < -0.3 is 25.2 Å². The van der Waals surface area contributed by atoms with Gasteiger partial charge in [-0.25, -0.2) is 9.59 Å². The van der Waals surface area contributed by atoms with Crippen LogP contribution >= 0.6 is 0 Å². The minimum atomic E-state index is -0.699. The van der Waals surface area contributed by atoms with Crippen LogP contribution in [0, 0.1) is 0 Å². The molecule has 3 N–H and O–H groups in total. The van der Waals surface area contributed by atoms with Crippen molar-refractivity contribution >= 4 is 12.2 Å². The molecule has 25 heavy (non-hydrogen) atoms.